The van der Waals surface area contributed by atoms with Crippen molar-refractivity contribution in [3.63, 3.8) is 0 Å². The van der Waals surface area contributed by atoms with Gasteiger partial charge in [-0.2, -0.15) is 0 Å². The molecule has 0 aromatic carbocycles. The fourth-order valence-corrected chi connectivity index (χ4v) is 2.98. The van der Waals surface area contributed by atoms with Gasteiger partial charge >= 0.3 is 0 Å². The number of likely N-dealkylation sites (tertiary alicyclic amines) is 1. The molecule has 0 amide bonds. The van der Waals surface area contributed by atoms with E-state index in [-0.39, 0.29) is 0 Å². The first-order chi connectivity index (χ1) is 7.87. The van der Waals surface area contributed by atoms with Gasteiger partial charge in [-0.15, -0.1) is 0 Å². The highest BCUT2D eigenvalue weighted by Gasteiger charge is 2.35. The molecule has 2 nitrogen and oxygen atoms in total. The van der Waals surface area contributed by atoms with Gasteiger partial charge in [0.05, 0.1) is 0 Å². The van der Waals surface area contributed by atoms with E-state index >= 15 is 0 Å². The molecule has 1 atom stereocenters. The van der Waals surface area contributed by atoms with Gasteiger partial charge in [0.1, 0.15) is 0 Å². The Morgan fingerprint density at radius 1 is 1.18 bits per heavy atom. The van der Waals surface area contributed by atoms with E-state index in [4.69, 9.17) is 5.73 Å². The molecule has 0 radical (unpaired) electrons. The summed E-state index contributed by atoms with van der Waals surface area (Å²) in [5.74, 6) is 0.853. The lowest BCUT2D eigenvalue weighted by Crippen LogP contribution is -2.41. The van der Waals surface area contributed by atoms with E-state index in [1.165, 1.54) is 38.9 Å². The first-order valence-corrected chi connectivity index (χ1v) is 7.29. The second kappa shape index (κ2) is 5.71. The quantitative estimate of drug-likeness (QED) is 0.800. The van der Waals surface area contributed by atoms with Gasteiger partial charge < -0.3 is 10.6 Å². The molecule has 2 N–H and O–H groups in total. The van der Waals surface area contributed by atoms with Crippen molar-refractivity contribution in [2.75, 3.05) is 26.2 Å². The molecule has 1 fully saturated rings. The Hall–Kier alpha value is -0.0800. The molecular weight excluding hydrogens is 208 g/mol. The molecule has 1 heterocycles. The Kier molecular flexibility index (Phi) is 5.03. The Bertz CT molecular complexity index is 217. The standard InChI is InChI=1S/C15H32N2/c1-6-15(7-2,11-16)12-17-9-8-13(10-17)14(3,4)5/h13H,6-12,16H2,1-5H3. The number of hydrogen-bond donors (Lipinski definition) is 1. The molecule has 1 rings (SSSR count). The van der Waals surface area contributed by atoms with E-state index < -0.39 is 0 Å². The first-order valence-electron chi connectivity index (χ1n) is 7.29. The highest BCUT2D eigenvalue weighted by molar-refractivity contribution is 4.88. The summed E-state index contributed by atoms with van der Waals surface area (Å²) in [7, 11) is 0. The van der Waals surface area contributed by atoms with E-state index in [0.29, 0.717) is 10.8 Å². The molecule has 0 bridgehead atoms. The molecule has 1 aliphatic heterocycles. The van der Waals surface area contributed by atoms with E-state index in [9.17, 15) is 0 Å². The van der Waals surface area contributed by atoms with Gasteiger partial charge in [0, 0.05) is 13.1 Å². The summed E-state index contributed by atoms with van der Waals surface area (Å²) < 4.78 is 0. The molecule has 0 aromatic heterocycles. The van der Waals surface area contributed by atoms with Crippen molar-refractivity contribution in [1.82, 2.24) is 4.90 Å². The molecule has 0 spiro atoms. The highest BCUT2D eigenvalue weighted by Crippen LogP contribution is 2.36. The van der Waals surface area contributed by atoms with Crippen molar-refractivity contribution in [1.29, 1.82) is 0 Å². The maximum atomic E-state index is 6.00. The number of rotatable bonds is 5. The van der Waals surface area contributed by atoms with E-state index in [1.807, 2.05) is 0 Å². The summed E-state index contributed by atoms with van der Waals surface area (Å²) in [6, 6.07) is 0. The van der Waals surface area contributed by atoms with Gasteiger partial charge in [0.15, 0.2) is 0 Å². The predicted molar refractivity (Wildman–Crippen MR) is 76.1 cm³/mol. The first kappa shape index (κ1) is 15.0. The summed E-state index contributed by atoms with van der Waals surface area (Å²) in [5.41, 5.74) is 6.81. The number of nitrogens with two attached hydrogens (primary N) is 1. The van der Waals surface area contributed by atoms with Gasteiger partial charge in [-0.1, -0.05) is 34.6 Å². The van der Waals surface area contributed by atoms with Crippen LogP contribution in [0.3, 0.4) is 0 Å². The van der Waals surface area contributed by atoms with Crippen LogP contribution in [-0.4, -0.2) is 31.1 Å². The lowest BCUT2D eigenvalue weighted by molar-refractivity contribution is 0.150. The summed E-state index contributed by atoms with van der Waals surface area (Å²) in [6.07, 6.45) is 3.77. The van der Waals surface area contributed by atoms with Crippen LogP contribution in [0.2, 0.25) is 0 Å². The molecule has 2 heteroatoms. The zero-order chi connectivity index (χ0) is 13.1. The SMILES string of the molecule is CCC(CC)(CN)CN1CCC(C(C)(C)C)C1. The van der Waals surface area contributed by atoms with Gasteiger partial charge in [0.25, 0.3) is 0 Å². The maximum absolute atomic E-state index is 6.00. The molecule has 0 aromatic rings. The number of nitrogens with zero attached hydrogens (tertiary/aromatic N) is 1. The minimum atomic E-state index is 0.354. The number of hydrogen-bond acceptors (Lipinski definition) is 2. The van der Waals surface area contributed by atoms with Crippen molar-refractivity contribution in [3.05, 3.63) is 0 Å². The van der Waals surface area contributed by atoms with E-state index in [1.54, 1.807) is 0 Å². The largest absolute Gasteiger partial charge is 0.330 e. The summed E-state index contributed by atoms with van der Waals surface area (Å²) in [4.78, 5) is 2.65. The van der Waals surface area contributed by atoms with Crippen LogP contribution >= 0.6 is 0 Å². The third-order valence-corrected chi connectivity index (χ3v) is 4.99. The Labute approximate surface area is 108 Å². The van der Waals surface area contributed by atoms with Crippen molar-refractivity contribution in [2.45, 2.75) is 53.9 Å². The van der Waals surface area contributed by atoms with Gasteiger partial charge in [-0.05, 0) is 49.1 Å². The van der Waals surface area contributed by atoms with Crippen molar-refractivity contribution in [3.8, 4) is 0 Å². The summed E-state index contributed by atoms with van der Waals surface area (Å²) in [6.45, 7) is 16.3. The van der Waals surface area contributed by atoms with Gasteiger partial charge in [0.2, 0.25) is 0 Å². The third-order valence-electron chi connectivity index (χ3n) is 4.99. The van der Waals surface area contributed by atoms with Crippen LogP contribution in [0, 0.1) is 16.7 Å². The lowest BCUT2D eigenvalue weighted by atomic mass is 9.80. The summed E-state index contributed by atoms with van der Waals surface area (Å²) >= 11 is 0. The van der Waals surface area contributed by atoms with E-state index in [2.05, 4.69) is 39.5 Å². The van der Waals surface area contributed by atoms with Crippen LogP contribution in [0.5, 0.6) is 0 Å². The fourth-order valence-electron chi connectivity index (χ4n) is 2.98. The van der Waals surface area contributed by atoms with Gasteiger partial charge in [-0.25, -0.2) is 0 Å². The monoisotopic (exact) mass is 240 g/mol. The fraction of sp³-hybridized carbons (Fsp3) is 1.00. The third kappa shape index (κ3) is 3.69. The Balaban J connectivity index is 2.55. The maximum Gasteiger partial charge on any atom is 0.00500 e. The second-order valence-corrected chi connectivity index (χ2v) is 7.00. The second-order valence-electron chi connectivity index (χ2n) is 7.00. The van der Waals surface area contributed by atoms with Crippen LogP contribution in [-0.2, 0) is 0 Å². The molecule has 1 aliphatic rings. The molecule has 17 heavy (non-hydrogen) atoms. The Morgan fingerprint density at radius 3 is 2.12 bits per heavy atom. The molecule has 0 aliphatic carbocycles. The van der Waals surface area contributed by atoms with Crippen molar-refractivity contribution in [2.24, 2.45) is 22.5 Å². The van der Waals surface area contributed by atoms with Crippen LogP contribution in [0.4, 0.5) is 0 Å². The van der Waals surface area contributed by atoms with Crippen LogP contribution < -0.4 is 5.73 Å². The molecule has 1 saturated heterocycles. The zero-order valence-corrected chi connectivity index (χ0v) is 12.6. The van der Waals surface area contributed by atoms with E-state index in [0.717, 1.165) is 12.5 Å². The zero-order valence-electron chi connectivity index (χ0n) is 12.6. The average molecular weight is 240 g/mol. The molecule has 102 valence electrons. The Morgan fingerprint density at radius 2 is 1.76 bits per heavy atom. The smallest absolute Gasteiger partial charge is 0.00500 e. The summed E-state index contributed by atoms with van der Waals surface area (Å²) in [5, 5.41) is 0. The average Bonchev–Trinajstić information content (AvgIpc) is 2.74. The van der Waals surface area contributed by atoms with Gasteiger partial charge in [-0.3, -0.25) is 0 Å². The molecule has 1 unspecified atom stereocenters. The van der Waals surface area contributed by atoms with Crippen LogP contribution in [0.15, 0.2) is 0 Å². The highest BCUT2D eigenvalue weighted by atomic mass is 15.2. The lowest BCUT2D eigenvalue weighted by Gasteiger charge is -2.35. The minimum absolute atomic E-state index is 0.354. The normalized spacial score (nSPS) is 23.3. The predicted octanol–water partition coefficient (Wildman–Crippen LogP) is 3.12. The minimum Gasteiger partial charge on any atom is -0.330 e. The van der Waals surface area contributed by atoms with Crippen molar-refractivity contribution >= 4 is 0 Å². The van der Waals surface area contributed by atoms with Crippen LogP contribution in [0.25, 0.3) is 0 Å². The molecule has 0 saturated carbocycles. The molecular formula is C15H32N2. The topological polar surface area (TPSA) is 29.3 Å². The van der Waals surface area contributed by atoms with Crippen molar-refractivity contribution < 1.29 is 0 Å². The van der Waals surface area contributed by atoms with Crippen LogP contribution in [0.1, 0.15) is 53.9 Å².